The van der Waals surface area contributed by atoms with Crippen molar-refractivity contribution in [3.63, 3.8) is 0 Å². The van der Waals surface area contributed by atoms with Crippen LogP contribution < -0.4 is 5.32 Å². The van der Waals surface area contributed by atoms with Crippen molar-refractivity contribution in [1.82, 2.24) is 10.2 Å². The van der Waals surface area contributed by atoms with Crippen LogP contribution in [0.1, 0.15) is 25.3 Å². The van der Waals surface area contributed by atoms with Crippen molar-refractivity contribution in [1.29, 1.82) is 0 Å². The van der Waals surface area contributed by atoms with Crippen molar-refractivity contribution in [2.75, 3.05) is 26.7 Å². The number of esters is 1. The number of guanidine groups is 1. The first kappa shape index (κ1) is 17.2. The minimum Gasteiger partial charge on any atom is -0.466 e. The number of halogens is 1. The van der Waals surface area contributed by atoms with Gasteiger partial charge in [-0.05, 0) is 25.8 Å². The molecule has 1 saturated heterocycles. The molecule has 1 heterocycles. The Kier molecular flexibility index (Phi) is 6.38. The molecule has 0 atom stereocenters. The average Bonchev–Trinajstić information content (AvgIpc) is 2.57. The van der Waals surface area contributed by atoms with Gasteiger partial charge in [-0.15, -0.1) is 0 Å². The lowest BCUT2D eigenvalue weighted by molar-refractivity contribution is -0.149. The predicted octanol–water partition coefficient (Wildman–Crippen LogP) is 2.18. The topological polar surface area (TPSA) is 53.9 Å². The number of nitrogens with zero attached hydrogens (tertiary/aromatic N) is 2. The molecule has 0 saturated carbocycles. The normalized spacial score (nSPS) is 16.3. The largest absolute Gasteiger partial charge is 0.466 e. The van der Waals surface area contributed by atoms with Crippen LogP contribution in [0.15, 0.2) is 29.3 Å². The Balaban J connectivity index is 1.86. The number of likely N-dealkylation sites (tertiary alicyclic amines) is 1. The summed E-state index contributed by atoms with van der Waals surface area (Å²) in [6.45, 7) is 4.10. The Morgan fingerprint density at radius 1 is 1.39 bits per heavy atom. The molecule has 1 aromatic rings. The first-order valence-electron chi connectivity index (χ1n) is 8.01. The molecule has 5 nitrogen and oxygen atoms in total. The van der Waals surface area contributed by atoms with E-state index in [9.17, 15) is 9.18 Å². The van der Waals surface area contributed by atoms with Crippen molar-refractivity contribution in [3.8, 4) is 0 Å². The number of carbonyl (C=O) groups excluding carboxylic acids is 1. The maximum Gasteiger partial charge on any atom is 0.309 e. The fourth-order valence-electron chi connectivity index (χ4n) is 2.74. The standard InChI is InChI=1S/C17H24FN3O2/c1-3-23-16(22)13-8-10-21(11-9-13)17(19-2)20-12-14-6-4-5-7-15(14)18/h4-7,13H,3,8-12H2,1-2H3,(H,19,20). The maximum absolute atomic E-state index is 13.7. The summed E-state index contributed by atoms with van der Waals surface area (Å²) in [5.74, 6) is 0.365. The van der Waals surface area contributed by atoms with E-state index in [2.05, 4.69) is 15.2 Å². The molecule has 1 N–H and O–H groups in total. The third-order valence-electron chi connectivity index (χ3n) is 4.02. The van der Waals surface area contributed by atoms with Gasteiger partial charge >= 0.3 is 5.97 Å². The minimum atomic E-state index is -0.225. The first-order chi connectivity index (χ1) is 11.2. The van der Waals surface area contributed by atoms with E-state index in [0.29, 0.717) is 18.7 Å². The van der Waals surface area contributed by atoms with Crippen LogP contribution in [-0.4, -0.2) is 43.6 Å². The van der Waals surface area contributed by atoms with Gasteiger partial charge < -0.3 is 15.0 Å². The molecule has 6 heteroatoms. The Labute approximate surface area is 136 Å². The van der Waals surface area contributed by atoms with Crippen LogP contribution in [0, 0.1) is 11.7 Å². The molecule has 0 amide bonds. The molecule has 1 aliphatic rings. The number of hydrogen-bond donors (Lipinski definition) is 1. The Bertz CT molecular complexity index is 555. The molecule has 0 bridgehead atoms. The molecule has 0 aromatic heterocycles. The van der Waals surface area contributed by atoms with E-state index in [1.165, 1.54) is 6.07 Å². The van der Waals surface area contributed by atoms with Gasteiger partial charge in [0.2, 0.25) is 0 Å². The zero-order valence-corrected chi connectivity index (χ0v) is 13.7. The summed E-state index contributed by atoms with van der Waals surface area (Å²) in [6.07, 6.45) is 1.50. The monoisotopic (exact) mass is 321 g/mol. The number of benzene rings is 1. The summed E-state index contributed by atoms with van der Waals surface area (Å²) in [7, 11) is 1.71. The van der Waals surface area contributed by atoms with Crippen LogP contribution >= 0.6 is 0 Å². The van der Waals surface area contributed by atoms with Gasteiger partial charge in [-0.1, -0.05) is 18.2 Å². The van der Waals surface area contributed by atoms with Crippen LogP contribution in [0.3, 0.4) is 0 Å². The number of carbonyl (C=O) groups is 1. The summed E-state index contributed by atoms with van der Waals surface area (Å²) in [5.41, 5.74) is 0.607. The minimum absolute atomic E-state index is 0.0316. The van der Waals surface area contributed by atoms with Crippen LogP contribution in [0.4, 0.5) is 4.39 Å². The number of piperidine rings is 1. The van der Waals surface area contributed by atoms with Gasteiger partial charge in [-0.3, -0.25) is 9.79 Å². The average molecular weight is 321 g/mol. The summed E-state index contributed by atoms with van der Waals surface area (Å²) < 4.78 is 18.7. The highest BCUT2D eigenvalue weighted by Gasteiger charge is 2.27. The fraction of sp³-hybridized carbons (Fsp3) is 0.529. The molecule has 1 fully saturated rings. The molecular weight excluding hydrogens is 297 g/mol. The second-order valence-corrected chi connectivity index (χ2v) is 5.51. The van der Waals surface area contributed by atoms with Crippen molar-refractivity contribution < 1.29 is 13.9 Å². The third-order valence-corrected chi connectivity index (χ3v) is 4.02. The zero-order chi connectivity index (χ0) is 16.7. The molecule has 0 aliphatic carbocycles. The predicted molar refractivity (Wildman–Crippen MR) is 87.5 cm³/mol. The Morgan fingerprint density at radius 2 is 2.09 bits per heavy atom. The SMILES string of the molecule is CCOC(=O)C1CCN(C(=NC)NCc2ccccc2F)CC1. The fourth-order valence-corrected chi connectivity index (χ4v) is 2.74. The van der Waals surface area contributed by atoms with Gasteiger partial charge in [0.1, 0.15) is 5.82 Å². The lowest BCUT2D eigenvalue weighted by Crippen LogP contribution is -2.46. The summed E-state index contributed by atoms with van der Waals surface area (Å²) in [5, 5.41) is 3.19. The van der Waals surface area contributed by atoms with Crippen LogP contribution in [0.5, 0.6) is 0 Å². The van der Waals surface area contributed by atoms with Crippen LogP contribution in [0.2, 0.25) is 0 Å². The summed E-state index contributed by atoms with van der Waals surface area (Å²) in [4.78, 5) is 18.1. The maximum atomic E-state index is 13.7. The van der Waals surface area contributed by atoms with Gasteiger partial charge in [0.05, 0.1) is 12.5 Å². The molecular formula is C17H24FN3O2. The summed E-state index contributed by atoms with van der Waals surface area (Å²) in [6, 6.07) is 6.69. The third kappa shape index (κ3) is 4.68. The number of hydrogen-bond acceptors (Lipinski definition) is 3. The van der Waals surface area contributed by atoms with Crippen molar-refractivity contribution >= 4 is 11.9 Å². The van der Waals surface area contributed by atoms with E-state index in [1.807, 2.05) is 13.0 Å². The highest BCUT2D eigenvalue weighted by atomic mass is 19.1. The Hall–Kier alpha value is -2.11. The first-order valence-corrected chi connectivity index (χ1v) is 8.01. The van der Waals surface area contributed by atoms with E-state index in [4.69, 9.17) is 4.74 Å². The van der Waals surface area contributed by atoms with E-state index in [0.717, 1.165) is 31.9 Å². The Morgan fingerprint density at radius 3 is 2.70 bits per heavy atom. The van der Waals surface area contributed by atoms with Gasteiger partial charge in [-0.25, -0.2) is 4.39 Å². The molecule has 0 radical (unpaired) electrons. The van der Waals surface area contributed by atoms with Crippen molar-refractivity contribution in [2.45, 2.75) is 26.3 Å². The smallest absolute Gasteiger partial charge is 0.309 e. The van der Waals surface area contributed by atoms with Gasteiger partial charge in [0.25, 0.3) is 0 Å². The van der Waals surface area contributed by atoms with E-state index >= 15 is 0 Å². The lowest BCUT2D eigenvalue weighted by atomic mass is 9.97. The van der Waals surface area contributed by atoms with Gasteiger partial charge in [-0.2, -0.15) is 0 Å². The summed E-state index contributed by atoms with van der Waals surface area (Å²) >= 11 is 0. The molecule has 126 valence electrons. The molecule has 0 spiro atoms. The van der Waals surface area contributed by atoms with E-state index < -0.39 is 0 Å². The highest BCUT2D eigenvalue weighted by molar-refractivity contribution is 5.80. The van der Waals surface area contributed by atoms with Crippen molar-refractivity contribution in [2.24, 2.45) is 10.9 Å². The van der Waals surface area contributed by atoms with Crippen LogP contribution in [-0.2, 0) is 16.1 Å². The molecule has 1 aromatic carbocycles. The van der Waals surface area contributed by atoms with E-state index in [1.54, 1.807) is 19.2 Å². The van der Waals surface area contributed by atoms with Gasteiger partial charge in [0, 0.05) is 32.2 Å². The quantitative estimate of drug-likeness (QED) is 0.525. The van der Waals surface area contributed by atoms with Crippen molar-refractivity contribution in [3.05, 3.63) is 35.6 Å². The number of ether oxygens (including phenoxy) is 1. The molecule has 0 unspecified atom stereocenters. The number of nitrogens with one attached hydrogen (secondary N) is 1. The molecule has 2 rings (SSSR count). The zero-order valence-electron chi connectivity index (χ0n) is 13.7. The van der Waals surface area contributed by atoms with Crippen LogP contribution in [0.25, 0.3) is 0 Å². The molecule has 23 heavy (non-hydrogen) atoms. The molecule has 1 aliphatic heterocycles. The number of aliphatic imine (C=N–C) groups is 1. The second-order valence-electron chi connectivity index (χ2n) is 5.51. The second kappa shape index (κ2) is 8.50. The number of rotatable bonds is 4. The van der Waals surface area contributed by atoms with Gasteiger partial charge in [0.15, 0.2) is 5.96 Å². The van der Waals surface area contributed by atoms with E-state index in [-0.39, 0.29) is 17.7 Å². The highest BCUT2D eigenvalue weighted by Crippen LogP contribution is 2.19. The lowest BCUT2D eigenvalue weighted by Gasteiger charge is -2.33.